The summed E-state index contributed by atoms with van der Waals surface area (Å²) in [6, 6.07) is 0. The van der Waals surface area contributed by atoms with Gasteiger partial charge in [-0.15, -0.1) is 0 Å². The first-order chi connectivity index (χ1) is 16.7. The van der Waals surface area contributed by atoms with Crippen LogP contribution >= 0.6 is 0 Å². The van der Waals surface area contributed by atoms with E-state index in [1.807, 2.05) is 0 Å². The molecule has 9 N–H and O–H groups in total. The van der Waals surface area contributed by atoms with Crippen molar-refractivity contribution >= 4 is 0 Å². The van der Waals surface area contributed by atoms with Crippen LogP contribution in [0.4, 0.5) is 0 Å². The van der Waals surface area contributed by atoms with Gasteiger partial charge in [-0.3, -0.25) is 0 Å². The summed E-state index contributed by atoms with van der Waals surface area (Å²) in [7, 11) is 0. The first-order valence-electron chi connectivity index (χ1n) is 11.3. The molecule has 0 aromatic heterocycles. The molecule has 14 atom stereocenters. The minimum absolute atomic E-state index is 0.361. The molecule has 4 rings (SSSR count). The third kappa shape index (κ3) is 5.13. The summed E-state index contributed by atoms with van der Waals surface area (Å²) in [6.07, 6.45) is -13.1. The van der Waals surface area contributed by atoms with Crippen LogP contribution in [0, 0.1) is 11.8 Å². The average molecular weight is 508 g/mol. The van der Waals surface area contributed by atoms with Gasteiger partial charge in [0.25, 0.3) is 0 Å². The van der Waals surface area contributed by atoms with Crippen LogP contribution in [0.1, 0.15) is 0 Å². The van der Waals surface area contributed by atoms with Gasteiger partial charge in [-0.1, -0.05) is 6.08 Å². The third-order valence-corrected chi connectivity index (χ3v) is 6.82. The lowest BCUT2D eigenvalue weighted by atomic mass is 9.88. The van der Waals surface area contributed by atoms with Gasteiger partial charge in [0.05, 0.1) is 38.1 Å². The van der Waals surface area contributed by atoms with E-state index in [0.29, 0.717) is 5.57 Å². The molecular formula is C21H32O14. The Morgan fingerprint density at radius 1 is 0.743 bits per heavy atom. The summed E-state index contributed by atoms with van der Waals surface area (Å²) in [4.78, 5) is 0. The zero-order chi connectivity index (χ0) is 25.4. The van der Waals surface area contributed by atoms with Crippen LogP contribution in [0.2, 0.25) is 0 Å². The van der Waals surface area contributed by atoms with E-state index in [2.05, 4.69) is 0 Å². The molecule has 0 bridgehead atoms. The van der Waals surface area contributed by atoms with Crippen molar-refractivity contribution in [3.8, 4) is 0 Å². The monoisotopic (exact) mass is 508 g/mol. The highest BCUT2D eigenvalue weighted by Crippen LogP contribution is 2.41. The molecular weight excluding hydrogens is 476 g/mol. The fourth-order valence-corrected chi connectivity index (χ4v) is 4.76. The Kier molecular flexibility index (Phi) is 8.44. The molecule has 1 aliphatic carbocycles. The van der Waals surface area contributed by atoms with E-state index >= 15 is 0 Å². The third-order valence-electron chi connectivity index (χ3n) is 6.82. The lowest BCUT2D eigenvalue weighted by molar-refractivity contribution is -0.352. The molecule has 3 aliphatic heterocycles. The molecule has 2 fully saturated rings. The summed E-state index contributed by atoms with van der Waals surface area (Å²) >= 11 is 0. The highest BCUT2D eigenvalue weighted by atomic mass is 16.8. The summed E-state index contributed by atoms with van der Waals surface area (Å²) in [5.74, 6) is -1.04. The number of aliphatic hydroxyl groups excluding tert-OH is 9. The van der Waals surface area contributed by atoms with E-state index in [0.717, 1.165) is 0 Å². The lowest BCUT2D eigenvalue weighted by Crippen LogP contribution is -2.62. The van der Waals surface area contributed by atoms with Crippen molar-refractivity contribution in [3.63, 3.8) is 0 Å². The number of rotatable bonds is 7. The van der Waals surface area contributed by atoms with Gasteiger partial charge in [0, 0.05) is 5.92 Å². The lowest BCUT2D eigenvalue weighted by Gasteiger charge is -2.44. The number of ether oxygens (including phenoxy) is 5. The number of hydrogen-bond donors (Lipinski definition) is 9. The maximum Gasteiger partial charge on any atom is 0.209 e. The molecule has 3 heterocycles. The second kappa shape index (κ2) is 11.0. The maximum absolute atomic E-state index is 10.4. The van der Waals surface area contributed by atoms with Crippen molar-refractivity contribution in [1.82, 2.24) is 0 Å². The number of aliphatic hydroxyl groups is 9. The van der Waals surface area contributed by atoms with E-state index < -0.39 is 98.9 Å². The predicted molar refractivity (Wildman–Crippen MR) is 110 cm³/mol. The summed E-state index contributed by atoms with van der Waals surface area (Å²) in [5.41, 5.74) is 0.463. The molecule has 0 amide bonds. The molecule has 0 spiro atoms. The number of hydrogen-bond acceptors (Lipinski definition) is 14. The van der Waals surface area contributed by atoms with E-state index in [-0.39, 0.29) is 6.61 Å². The first-order valence-corrected chi connectivity index (χ1v) is 11.3. The highest BCUT2D eigenvalue weighted by Gasteiger charge is 2.50. The van der Waals surface area contributed by atoms with E-state index in [4.69, 9.17) is 23.7 Å². The molecule has 0 aromatic carbocycles. The molecule has 2 saturated heterocycles. The Morgan fingerprint density at radius 3 is 2.03 bits per heavy atom. The average Bonchev–Trinajstić information content (AvgIpc) is 3.19. The Bertz CT molecular complexity index is 775. The van der Waals surface area contributed by atoms with Crippen LogP contribution in [0.5, 0.6) is 0 Å². The van der Waals surface area contributed by atoms with Gasteiger partial charge in [-0.05, 0) is 11.6 Å². The Hall–Kier alpha value is -1.24. The van der Waals surface area contributed by atoms with Crippen LogP contribution in [-0.2, 0) is 23.7 Å². The Balaban J connectivity index is 1.41. The van der Waals surface area contributed by atoms with Gasteiger partial charge in [-0.25, -0.2) is 0 Å². The number of fused-ring (bicyclic) bond motifs is 1. The fraction of sp³-hybridized carbons (Fsp3) is 0.810. The first kappa shape index (κ1) is 26.8. The van der Waals surface area contributed by atoms with Crippen molar-refractivity contribution in [1.29, 1.82) is 0 Å². The second-order valence-corrected chi connectivity index (χ2v) is 9.01. The zero-order valence-corrected chi connectivity index (χ0v) is 18.5. The normalized spacial score (nSPS) is 49.9. The molecule has 4 aliphatic rings. The summed E-state index contributed by atoms with van der Waals surface area (Å²) in [6.45, 7) is -1.53. The van der Waals surface area contributed by atoms with Gasteiger partial charge < -0.3 is 69.6 Å². The minimum Gasteiger partial charge on any atom is -0.472 e. The molecule has 0 unspecified atom stereocenters. The molecule has 0 radical (unpaired) electrons. The highest BCUT2D eigenvalue weighted by molar-refractivity contribution is 5.25. The van der Waals surface area contributed by atoms with Gasteiger partial charge >= 0.3 is 0 Å². The fourth-order valence-electron chi connectivity index (χ4n) is 4.76. The van der Waals surface area contributed by atoms with Crippen LogP contribution < -0.4 is 0 Å². The SMILES string of the molecule is OCC1=C[C@H](O)[C@@H]2C=CO[C@@H](O[C@H]3O[C@H](CO[C@@H]4O[C@H](CO)[C@@H](O)[C@H](O)[C@H]4O)[C@@H](O)[C@H](O)[C@@H]3O)[C@H]12. The summed E-state index contributed by atoms with van der Waals surface area (Å²) < 4.78 is 27.5. The Morgan fingerprint density at radius 2 is 1.37 bits per heavy atom. The largest absolute Gasteiger partial charge is 0.472 e. The van der Waals surface area contributed by atoms with Crippen molar-refractivity contribution < 1.29 is 69.6 Å². The van der Waals surface area contributed by atoms with Gasteiger partial charge in [-0.2, -0.15) is 0 Å². The Labute approximate surface area is 199 Å². The van der Waals surface area contributed by atoms with Gasteiger partial charge in [0.1, 0.15) is 48.8 Å². The smallest absolute Gasteiger partial charge is 0.209 e. The molecule has 0 saturated carbocycles. The van der Waals surface area contributed by atoms with Crippen LogP contribution in [0.15, 0.2) is 24.0 Å². The van der Waals surface area contributed by atoms with Crippen molar-refractivity contribution in [2.75, 3.05) is 19.8 Å². The van der Waals surface area contributed by atoms with E-state index in [1.54, 1.807) is 6.08 Å². The minimum atomic E-state index is -1.73. The van der Waals surface area contributed by atoms with Crippen LogP contribution in [0.3, 0.4) is 0 Å². The zero-order valence-electron chi connectivity index (χ0n) is 18.5. The molecule has 200 valence electrons. The van der Waals surface area contributed by atoms with Crippen molar-refractivity contribution in [2.45, 2.75) is 73.8 Å². The van der Waals surface area contributed by atoms with E-state index in [1.165, 1.54) is 12.3 Å². The molecule has 0 aromatic rings. The standard InChI is InChI=1S/C21H32O14/c22-4-7-3-9(24)8-1-2-31-19(12(7)8)35-21-18(30)16(28)14(26)11(34-21)6-32-20-17(29)15(27)13(25)10(5-23)33-20/h1-3,8-30H,4-6H2/t8-,9-,10+,11+,12+,13+,14+,15-,16-,17+,18-,19-,20+,21+/m0/s1. The van der Waals surface area contributed by atoms with Crippen LogP contribution in [-0.4, -0.2) is 140 Å². The molecule has 14 heteroatoms. The topological polar surface area (TPSA) is 228 Å². The second-order valence-electron chi connectivity index (χ2n) is 9.01. The molecule has 35 heavy (non-hydrogen) atoms. The quantitative estimate of drug-likeness (QED) is 0.147. The van der Waals surface area contributed by atoms with Crippen molar-refractivity contribution in [2.24, 2.45) is 11.8 Å². The van der Waals surface area contributed by atoms with Gasteiger partial charge in [0.15, 0.2) is 12.6 Å². The van der Waals surface area contributed by atoms with Crippen molar-refractivity contribution in [3.05, 3.63) is 24.0 Å². The maximum atomic E-state index is 10.4. The predicted octanol–water partition coefficient (Wildman–Crippen LogP) is -4.98. The van der Waals surface area contributed by atoms with E-state index in [9.17, 15) is 46.0 Å². The van der Waals surface area contributed by atoms with Gasteiger partial charge in [0.2, 0.25) is 6.29 Å². The summed E-state index contributed by atoms with van der Waals surface area (Å²) in [5, 5.41) is 90.1. The molecule has 14 nitrogen and oxygen atoms in total. The van der Waals surface area contributed by atoms with Crippen LogP contribution in [0.25, 0.3) is 0 Å².